The second-order valence-corrected chi connectivity index (χ2v) is 4.56. The van der Waals surface area contributed by atoms with Gasteiger partial charge in [-0.1, -0.05) is 18.2 Å². The number of carboxylic acids is 1. The molecule has 1 aromatic carbocycles. The number of hydrogen-bond acceptors (Lipinski definition) is 4. The maximum absolute atomic E-state index is 10.7. The number of ether oxygens (including phenoxy) is 1. The van der Waals surface area contributed by atoms with E-state index < -0.39 is 5.97 Å². The number of hydrogen-bond donors (Lipinski definition) is 1. The van der Waals surface area contributed by atoms with Crippen LogP contribution in [0.15, 0.2) is 42.6 Å². The number of para-hydroxylation sites is 1. The van der Waals surface area contributed by atoms with Crippen LogP contribution in [0.25, 0.3) is 10.9 Å². The zero-order valence-electron chi connectivity index (χ0n) is 11.4. The lowest BCUT2D eigenvalue weighted by atomic mass is 10.2. The summed E-state index contributed by atoms with van der Waals surface area (Å²) in [6.07, 6.45) is 1.40. The Morgan fingerprint density at radius 2 is 2.10 bits per heavy atom. The van der Waals surface area contributed by atoms with Gasteiger partial charge in [0.2, 0.25) is 0 Å². The maximum atomic E-state index is 10.7. The van der Waals surface area contributed by atoms with Crippen LogP contribution in [0.1, 0.15) is 16.2 Å². The number of carboxylic acid groups (broad SMARTS) is 1. The molecular formula is C15H13N3O3. The molecule has 0 spiro atoms. The molecule has 0 aliphatic heterocycles. The number of fused-ring (bicyclic) bond motifs is 1. The quantitative estimate of drug-likeness (QED) is 0.794. The minimum absolute atomic E-state index is 0.00867. The zero-order valence-corrected chi connectivity index (χ0v) is 11.4. The Kier molecular flexibility index (Phi) is 3.27. The van der Waals surface area contributed by atoms with Gasteiger partial charge >= 0.3 is 5.97 Å². The molecule has 21 heavy (non-hydrogen) atoms. The second-order valence-electron chi connectivity index (χ2n) is 4.56. The third-order valence-electron chi connectivity index (χ3n) is 3.17. The maximum Gasteiger partial charge on any atom is 0.354 e. The number of nitrogens with zero attached hydrogens (tertiary/aromatic N) is 3. The highest BCUT2D eigenvalue weighted by atomic mass is 16.5. The predicted octanol–water partition coefficient (Wildman–Crippen LogP) is 2.25. The van der Waals surface area contributed by atoms with Crippen molar-refractivity contribution in [3.63, 3.8) is 0 Å². The number of pyridine rings is 1. The third kappa shape index (κ3) is 2.55. The molecule has 0 aliphatic rings. The van der Waals surface area contributed by atoms with Crippen molar-refractivity contribution in [3.8, 4) is 5.75 Å². The molecule has 3 aromatic rings. The minimum atomic E-state index is -1.06. The van der Waals surface area contributed by atoms with E-state index in [0.29, 0.717) is 12.4 Å². The van der Waals surface area contributed by atoms with Crippen LogP contribution in [-0.2, 0) is 13.7 Å². The van der Waals surface area contributed by atoms with Crippen molar-refractivity contribution >= 4 is 16.9 Å². The summed E-state index contributed by atoms with van der Waals surface area (Å²) in [6.45, 7) is 0.301. The molecule has 2 heterocycles. The lowest BCUT2D eigenvalue weighted by molar-refractivity contribution is 0.0690. The molecule has 0 bridgehead atoms. The van der Waals surface area contributed by atoms with E-state index in [9.17, 15) is 4.79 Å². The molecule has 0 saturated carbocycles. The summed E-state index contributed by atoms with van der Waals surface area (Å²) in [5.74, 6) is -0.549. The van der Waals surface area contributed by atoms with Crippen molar-refractivity contribution in [3.05, 3.63) is 54.0 Å². The molecule has 0 radical (unpaired) electrons. The van der Waals surface area contributed by atoms with Crippen LogP contribution in [0.4, 0.5) is 0 Å². The standard InChI is InChI=1S/C15H13N3O3/c1-18-14-5-3-2-4-11(14)13(17-18)9-21-10-6-7-12(15(19)20)16-8-10/h2-8H,9H2,1H3,(H,19,20). The first-order valence-electron chi connectivity index (χ1n) is 6.38. The number of carbonyl (C=O) groups is 1. The fourth-order valence-corrected chi connectivity index (χ4v) is 2.14. The molecule has 0 atom stereocenters. The minimum Gasteiger partial charge on any atom is -0.486 e. The van der Waals surface area contributed by atoms with Crippen LogP contribution in [0.3, 0.4) is 0 Å². The molecular weight excluding hydrogens is 270 g/mol. The van der Waals surface area contributed by atoms with Gasteiger partial charge in [0.05, 0.1) is 11.7 Å². The lowest BCUT2D eigenvalue weighted by Crippen LogP contribution is -2.01. The average Bonchev–Trinajstić information content (AvgIpc) is 2.83. The van der Waals surface area contributed by atoms with Crippen molar-refractivity contribution in [2.75, 3.05) is 0 Å². The molecule has 0 saturated heterocycles. The summed E-state index contributed by atoms with van der Waals surface area (Å²) in [7, 11) is 1.88. The topological polar surface area (TPSA) is 77.2 Å². The first kappa shape index (κ1) is 13.1. The van der Waals surface area contributed by atoms with E-state index in [2.05, 4.69) is 10.1 Å². The van der Waals surface area contributed by atoms with E-state index in [-0.39, 0.29) is 5.69 Å². The molecule has 0 fully saturated rings. The summed E-state index contributed by atoms with van der Waals surface area (Å²) in [5, 5.41) is 14.3. The number of aromatic carboxylic acids is 1. The number of aryl methyl sites for hydroxylation is 1. The summed E-state index contributed by atoms with van der Waals surface area (Å²) in [5.41, 5.74) is 1.86. The fourth-order valence-electron chi connectivity index (χ4n) is 2.14. The molecule has 106 valence electrons. The summed E-state index contributed by atoms with van der Waals surface area (Å²) in [6, 6.07) is 10.9. The van der Waals surface area contributed by atoms with E-state index in [1.807, 2.05) is 31.3 Å². The van der Waals surface area contributed by atoms with Crippen LogP contribution in [0.2, 0.25) is 0 Å². The molecule has 6 nitrogen and oxygen atoms in total. The summed E-state index contributed by atoms with van der Waals surface area (Å²) < 4.78 is 7.42. The Morgan fingerprint density at radius 1 is 1.29 bits per heavy atom. The van der Waals surface area contributed by atoms with Gasteiger partial charge in [0.15, 0.2) is 0 Å². The Hall–Kier alpha value is -2.89. The van der Waals surface area contributed by atoms with Crippen LogP contribution in [0, 0.1) is 0 Å². The van der Waals surface area contributed by atoms with Crippen molar-refractivity contribution in [1.29, 1.82) is 0 Å². The Balaban J connectivity index is 1.79. The van der Waals surface area contributed by atoms with Crippen molar-refractivity contribution in [1.82, 2.24) is 14.8 Å². The van der Waals surface area contributed by atoms with Crippen molar-refractivity contribution < 1.29 is 14.6 Å². The highest BCUT2D eigenvalue weighted by molar-refractivity contribution is 5.85. The largest absolute Gasteiger partial charge is 0.486 e. The van der Waals surface area contributed by atoms with Crippen LogP contribution < -0.4 is 4.74 Å². The molecule has 1 N–H and O–H groups in total. The Bertz CT molecular complexity index is 794. The first-order valence-corrected chi connectivity index (χ1v) is 6.38. The zero-order chi connectivity index (χ0) is 14.8. The van der Waals surface area contributed by atoms with Crippen LogP contribution in [0.5, 0.6) is 5.75 Å². The first-order chi connectivity index (χ1) is 10.1. The van der Waals surface area contributed by atoms with Gasteiger partial charge in [-0.2, -0.15) is 5.10 Å². The number of aromatic nitrogens is 3. The van der Waals surface area contributed by atoms with Crippen LogP contribution in [-0.4, -0.2) is 25.8 Å². The average molecular weight is 283 g/mol. The highest BCUT2D eigenvalue weighted by Crippen LogP contribution is 2.19. The van der Waals surface area contributed by atoms with E-state index in [1.54, 1.807) is 10.7 Å². The normalized spacial score (nSPS) is 10.7. The number of rotatable bonds is 4. The van der Waals surface area contributed by atoms with Gasteiger partial charge in [-0.25, -0.2) is 9.78 Å². The van der Waals surface area contributed by atoms with Gasteiger partial charge in [0, 0.05) is 12.4 Å². The van der Waals surface area contributed by atoms with E-state index >= 15 is 0 Å². The monoisotopic (exact) mass is 283 g/mol. The smallest absolute Gasteiger partial charge is 0.354 e. The lowest BCUT2D eigenvalue weighted by Gasteiger charge is -2.04. The molecule has 0 unspecified atom stereocenters. The van der Waals surface area contributed by atoms with Crippen LogP contribution >= 0.6 is 0 Å². The molecule has 0 amide bonds. The third-order valence-corrected chi connectivity index (χ3v) is 3.17. The summed E-state index contributed by atoms with van der Waals surface area (Å²) in [4.78, 5) is 14.5. The van der Waals surface area contributed by atoms with Gasteiger partial charge in [0.1, 0.15) is 23.7 Å². The van der Waals surface area contributed by atoms with Gasteiger partial charge in [-0.3, -0.25) is 4.68 Å². The molecule has 2 aromatic heterocycles. The Morgan fingerprint density at radius 3 is 2.81 bits per heavy atom. The van der Waals surface area contributed by atoms with Gasteiger partial charge < -0.3 is 9.84 Å². The van der Waals surface area contributed by atoms with Crippen molar-refractivity contribution in [2.45, 2.75) is 6.61 Å². The molecule has 3 rings (SSSR count). The summed E-state index contributed by atoms with van der Waals surface area (Å²) >= 11 is 0. The fraction of sp³-hybridized carbons (Fsp3) is 0.133. The highest BCUT2D eigenvalue weighted by Gasteiger charge is 2.09. The second kappa shape index (κ2) is 5.24. The van der Waals surface area contributed by atoms with E-state index in [1.165, 1.54) is 12.3 Å². The van der Waals surface area contributed by atoms with E-state index in [0.717, 1.165) is 16.6 Å². The van der Waals surface area contributed by atoms with E-state index in [4.69, 9.17) is 9.84 Å². The van der Waals surface area contributed by atoms with Gasteiger partial charge in [0.25, 0.3) is 0 Å². The van der Waals surface area contributed by atoms with Gasteiger partial charge in [-0.05, 0) is 18.2 Å². The molecule has 6 heteroatoms. The predicted molar refractivity (Wildman–Crippen MR) is 76.2 cm³/mol. The SMILES string of the molecule is Cn1nc(COc2ccc(C(=O)O)nc2)c2ccccc21. The Labute approximate surface area is 120 Å². The van der Waals surface area contributed by atoms with Crippen molar-refractivity contribution in [2.24, 2.45) is 7.05 Å². The van der Waals surface area contributed by atoms with Gasteiger partial charge in [-0.15, -0.1) is 0 Å². The molecule has 0 aliphatic carbocycles. The number of benzene rings is 1.